The van der Waals surface area contributed by atoms with Gasteiger partial charge in [0.25, 0.3) is 0 Å². The zero-order chi connectivity index (χ0) is 16.5. The summed E-state index contributed by atoms with van der Waals surface area (Å²) in [5.74, 6) is -0.00334. The Balaban J connectivity index is 1.74. The molecule has 1 aromatic rings. The maximum Gasteiger partial charge on any atom is 0.335 e. The Kier molecular flexibility index (Phi) is 7.38. The molecule has 0 spiro atoms. The molecule has 0 fully saturated rings. The minimum absolute atomic E-state index is 0.367. The van der Waals surface area contributed by atoms with Crippen LogP contribution in [0.5, 0.6) is 0 Å². The molecule has 0 heterocycles. The van der Waals surface area contributed by atoms with Crippen molar-refractivity contribution in [3.8, 4) is 0 Å². The van der Waals surface area contributed by atoms with Gasteiger partial charge in [0, 0.05) is 0 Å². The number of carboxylic acids is 1. The number of hydrogen-bond acceptors (Lipinski definition) is 1. The number of carbonyl (C=O) groups is 1. The third kappa shape index (κ3) is 5.85. The number of benzene rings is 1. The molecule has 0 amide bonds. The summed E-state index contributed by atoms with van der Waals surface area (Å²) in [6.45, 7) is 2.27. The van der Waals surface area contributed by atoms with Crippen LogP contribution in [-0.4, -0.2) is 11.1 Å². The quantitative estimate of drug-likeness (QED) is 0.541. The van der Waals surface area contributed by atoms with Crippen molar-refractivity contribution in [3.63, 3.8) is 0 Å². The fraction of sp³-hybridized carbons (Fsp3) is 0.571. The number of allylic oxidation sites excluding steroid dienone is 2. The number of aromatic carboxylic acids is 1. The third-order valence-corrected chi connectivity index (χ3v) is 4.99. The van der Waals surface area contributed by atoms with E-state index in [1.807, 2.05) is 12.1 Å². The van der Waals surface area contributed by atoms with Crippen molar-refractivity contribution in [3.05, 3.63) is 41.5 Å². The molecule has 1 aromatic carbocycles. The standard InChI is InChI=1S/C21H30O2/c1-2-3-4-5-6-7-8-17-9-11-18(12-10-17)19-13-15-20(16-14-19)21(22)23/h11,13-17H,2-10,12H2,1H3,(H,22,23). The molecule has 0 saturated heterocycles. The molecule has 2 heteroatoms. The van der Waals surface area contributed by atoms with Crippen LogP contribution in [0, 0.1) is 5.92 Å². The van der Waals surface area contributed by atoms with Gasteiger partial charge in [-0.15, -0.1) is 0 Å². The van der Waals surface area contributed by atoms with E-state index in [0.717, 1.165) is 12.3 Å². The molecule has 1 unspecified atom stereocenters. The van der Waals surface area contributed by atoms with Gasteiger partial charge in [0.2, 0.25) is 0 Å². The summed E-state index contributed by atoms with van der Waals surface area (Å²) < 4.78 is 0. The summed E-state index contributed by atoms with van der Waals surface area (Å²) in [5.41, 5.74) is 2.94. The molecular formula is C21H30O2. The maximum atomic E-state index is 10.9. The van der Waals surface area contributed by atoms with Crippen molar-refractivity contribution in [2.75, 3.05) is 0 Å². The second kappa shape index (κ2) is 9.54. The second-order valence-electron chi connectivity index (χ2n) is 6.81. The van der Waals surface area contributed by atoms with Crippen LogP contribution < -0.4 is 0 Å². The van der Waals surface area contributed by atoms with Crippen LogP contribution in [0.1, 0.15) is 87.1 Å². The second-order valence-corrected chi connectivity index (χ2v) is 6.81. The molecule has 23 heavy (non-hydrogen) atoms. The Morgan fingerprint density at radius 1 is 1.09 bits per heavy atom. The predicted octanol–water partition coefficient (Wildman–Crippen LogP) is 6.32. The van der Waals surface area contributed by atoms with E-state index in [1.54, 1.807) is 12.1 Å². The highest BCUT2D eigenvalue weighted by Gasteiger charge is 2.15. The smallest absolute Gasteiger partial charge is 0.335 e. The number of hydrogen-bond donors (Lipinski definition) is 1. The molecule has 126 valence electrons. The van der Waals surface area contributed by atoms with Crippen molar-refractivity contribution in [2.45, 2.75) is 71.1 Å². The summed E-state index contributed by atoms with van der Waals surface area (Å²) in [4.78, 5) is 10.9. The fourth-order valence-electron chi connectivity index (χ4n) is 3.45. The number of unbranched alkanes of at least 4 members (excludes halogenated alkanes) is 5. The van der Waals surface area contributed by atoms with E-state index in [1.165, 1.54) is 68.9 Å². The van der Waals surface area contributed by atoms with E-state index < -0.39 is 5.97 Å². The first kappa shape index (κ1) is 17.8. The van der Waals surface area contributed by atoms with E-state index in [2.05, 4.69) is 13.0 Å². The molecule has 2 nitrogen and oxygen atoms in total. The summed E-state index contributed by atoms with van der Waals surface area (Å²) >= 11 is 0. The maximum absolute atomic E-state index is 10.9. The van der Waals surface area contributed by atoms with E-state index in [0.29, 0.717) is 5.56 Å². The van der Waals surface area contributed by atoms with E-state index >= 15 is 0 Å². The lowest BCUT2D eigenvalue weighted by Gasteiger charge is -2.22. The predicted molar refractivity (Wildman–Crippen MR) is 96.7 cm³/mol. The summed E-state index contributed by atoms with van der Waals surface area (Å²) in [5, 5.41) is 8.96. The number of carboxylic acid groups (broad SMARTS) is 1. The Hall–Kier alpha value is -1.57. The van der Waals surface area contributed by atoms with Crippen molar-refractivity contribution >= 4 is 11.5 Å². The Morgan fingerprint density at radius 3 is 2.39 bits per heavy atom. The molecule has 0 bridgehead atoms. The molecule has 2 rings (SSSR count). The highest BCUT2D eigenvalue weighted by Crippen LogP contribution is 2.32. The minimum Gasteiger partial charge on any atom is -0.478 e. The van der Waals surface area contributed by atoms with Gasteiger partial charge in [-0.25, -0.2) is 4.79 Å². The molecular weight excluding hydrogens is 284 g/mol. The Bertz CT molecular complexity index is 513. The summed E-state index contributed by atoms with van der Waals surface area (Å²) in [7, 11) is 0. The highest BCUT2D eigenvalue weighted by molar-refractivity contribution is 5.88. The lowest BCUT2D eigenvalue weighted by molar-refractivity contribution is 0.0697. The van der Waals surface area contributed by atoms with Crippen molar-refractivity contribution in [1.29, 1.82) is 0 Å². The molecule has 1 N–H and O–H groups in total. The van der Waals surface area contributed by atoms with Crippen molar-refractivity contribution in [1.82, 2.24) is 0 Å². The first-order valence-corrected chi connectivity index (χ1v) is 9.23. The monoisotopic (exact) mass is 314 g/mol. The van der Waals surface area contributed by atoms with Gasteiger partial charge in [-0.1, -0.05) is 70.1 Å². The largest absolute Gasteiger partial charge is 0.478 e. The molecule has 1 aliphatic carbocycles. The molecule has 1 atom stereocenters. The van der Waals surface area contributed by atoms with E-state index in [9.17, 15) is 4.79 Å². The fourth-order valence-corrected chi connectivity index (χ4v) is 3.45. The van der Waals surface area contributed by atoms with Gasteiger partial charge < -0.3 is 5.11 Å². The van der Waals surface area contributed by atoms with Crippen LogP contribution in [0.4, 0.5) is 0 Å². The average Bonchev–Trinajstić information content (AvgIpc) is 2.58. The molecule has 1 aliphatic rings. The topological polar surface area (TPSA) is 37.3 Å². The summed E-state index contributed by atoms with van der Waals surface area (Å²) in [6, 6.07) is 7.31. The first-order valence-electron chi connectivity index (χ1n) is 9.23. The van der Waals surface area contributed by atoms with Gasteiger partial charge in [0.05, 0.1) is 5.56 Å². The molecule has 0 saturated carbocycles. The Morgan fingerprint density at radius 2 is 1.78 bits per heavy atom. The highest BCUT2D eigenvalue weighted by atomic mass is 16.4. The van der Waals surface area contributed by atoms with Gasteiger partial charge in [0.15, 0.2) is 0 Å². The van der Waals surface area contributed by atoms with Crippen LogP contribution in [-0.2, 0) is 0 Å². The lowest BCUT2D eigenvalue weighted by atomic mass is 9.83. The van der Waals surface area contributed by atoms with E-state index in [-0.39, 0.29) is 0 Å². The third-order valence-electron chi connectivity index (χ3n) is 4.99. The minimum atomic E-state index is -0.854. The van der Waals surface area contributed by atoms with Crippen molar-refractivity contribution < 1.29 is 9.90 Å². The number of rotatable bonds is 9. The average molecular weight is 314 g/mol. The van der Waals surface area contributed by atoms with Crippen molar-refractivity contribution in [2.24, 2.45) is 5.92 Å². The van der Waals surface area contributed by atoms with Gasteiger partial charge in [-0.05, 0) is 48.4 Å². The first-order chi connectivity index (χ1) is 11.2. The summed E-state index contributed by atoms with van der Waals surface area (Å²) in [6.07, 6.45) is 15.6. The van der Waals surface area contributed by atoms with Crippen LogP contribution in [0.3, 0.4) is 0 Å². The Labute approximate surface area is 140 Å². The SMILES string of the molecule is CCCCCCCCC1CC=C(c2ccc(C(=O)O)cc2)CC1. The van der Waals surface area contributed by atoms with Crippen LogP contribution in [0.15, 0.2) is 30.3 Å². The van der Waals surface area contributed by atoms with Crippen LogP contribution >= 0.6 is 0 Å². The lowest BCUT2D eigenvalue weighted by Crippen LogP contribution is -2.06. The zero-order valence-corrected chi connectivity index (χ0v) is 14.4. The molecule has 0 aliphatic heterocycles. The van der Waals surface area contributed by atoms with Gasteiger partial charge in [-0.2, -0.15) is 0 Å². The van der Waals surface area contributed by atoms with Gasteiger partial charge in [0.1, 0.15) is 0 Å². The van der Waals surface area contributed by atoms with E-state index in [4.69, 9.17) is 5.11 Å². The van der Waals surface area contributed by atoms with Crippen LogP contribution in [0.2, 0.25) is 0 Å². The van der Waals surface area contributed by atoms with Crippen LogP contribution in [0.25, 0.3) is 5.57 Å². The molecule has 0 radical (unpaired) electrons. The van der Waals surface area contributed by atoms with Gasteiger partial charge in [-0.3, -0.25) is 0 Å². The normalized spacial score (nSPS) is 17.8. The zero-order valence-electron chi connectivity index (χ0n) is 14.4. The van der Waals surface area contributed by atoms with Gasteiger partial charge >= 0.3 is 5.97 Å². The molecule has 0 aromatic heterocycles.